The summed E-state index contributed by atoms with van der Waals surface area (Å²) in [6.07, 6.45) is 1.20. The van der Waals surface area contributed by atoms with E-state index < -0.39 is 0 Å². The van der Waals surface area contributed by atoms with Gasteiger partial charge in [0.25, 0.3) is 5.91 Å². The molecule has 2 N–H and O–H groups in total. The second-order valence-corrected chi connectivity index (χ2v) is 3.08. The molecule has 2 heterocycles. The fourth-order valence-corrected chi connectivity index (χ4v) is 1.11. The highest BCUT2D eigenvalue weighted by Gasteiger charge is 2.08. The van der Waals surface area contributed by atoms with E-state index >= 15 is 0 Å². The maximum absolute atomic E-state index is 11.6. The van der Waals surface area contributed by atoms with Gasteiger partial charge in [0.2, 0.25) is 6.39 Å². The normalized spacial score (nSPS) is 9.94. The molecule has 0 saturated carbocycles. The van der Waals surface area contributed by atoms with Crippen LogP contribution in [0.1, 0.15) is 16.3 Å². The molecule has 0 fully saturated rings. The number of carbonyl (C=O) groups is 1. The van der Waals surface area contributed by atoms with Crippen molar-refractivity contribution in [2.45, 2.75) is 6.54 Å². The zero-order valence-electron chi connectivity index (χ0n) is 9.04. The number of nitrogens with zero attached hydrogens (tertiary/aromatic N) is 4. The Morgan fingerprint density at radius 1 is 1.41 bits per heavy atom. The molecule has 0 aliphatic rings. The minimum Gasteiger partial charge on any atom is -0.372 e. The molecule has 8 heteroatoms. The van der Waals surface area contributed by atoms with Crippen LogP contribution >= 0.6 is 0 Å². The molecule has 0 bridgehead atoms. The molecule has 2 rings (SSSR count). The first-order chi connectivity index (χ1) is 8.29. The van der Waals surface area contributed by atoms with Gasteiger partial charge in [-0.3, -0.25) is 4.79 Å². The molecule has 2 aromatic rings. The van der Waals surface area contributed by atoms with E-state index in [-0.39, 0.29) is 18.1 Å². The third-order valence-corrected chi connectivity index (χ3v) is 1.97. The summed E-state index contributed by atoms with van der Waals surface area (Å²) >= 11 is 0. The summed E-state index contributed by atoms with van der Waals surface area (Å²) in [5.41, 5.74) is 0.229. The Bertz CT molecular complexity index is 481. The number of hydrogen-bond donors (Lipinski definition) is 2. The highest BCUT2D eigenvalue weighted by Crippen LogP contribution is 2.00. The molecule has 0 aromatic carbocycles. The molecule has 0 aliphatic carbocycles. The summed E-state index contributed by atoms with van der Waals surface area (Å²) in [6.45, 7) is 0.185. The molecule has 0 radical (unpaired) electrons. The van der Waals surface area contributed by atoms with Crippen molar-refractivity contribution < 1.29 is 9.32 Å². The maximum atomic E-state index is 11.6. The first-order valence-corrected chi connectivity index (χ1v) is 4.84. The average Bonchev–Trinajstić information content (AvgIpc) is 2.89. The van der Waals surface area contributed by atoms with E-state index in [1.807, 2.05) is 0 Å². The summed E-state index contributed by atoms with van der Waals surface area (Å²) in [4.78, 5) is 15.4. The lowest BCUT2D eigenvalue weighted by Crippen LogP contribution is -2.24. The minimum atomic E-state index is -0.343. The molecular weight excluding hydrogens is 224 g/mol. The van der Waals surface area contributed by atoms with Crippen LogP contribution in [0, 0.1) is 0 Å². The Morgan fingerprint density at radius 3 is 2.88 bits per heavy atom. The van der Waals surface area contributed by atoms with Crippen molar-refractivity contribution in [3.63, 3.8) is 0 Å². The van der Waals surface area contributed by atoms with Crippen molar-refractivity contribution in [2.75, 3.05) is 12.4 Å². The van der Waals surface area contributed by atoms with Crippen molar-refractivity contribution in [2.24, 2.45) is 0 Å². The van der Waals surface area contributed by atoms with E-state index in [4.69, 9.17) is 0 Å². The number of hydrogen-bond acceptors (Lipinski definition) is 7. The van der Waals surface area contributed by atoms with Gasteiger partial charge in [-0.2, -0.15) is 4.98 Å². The molecule has 0 aliphatic heterocycles. The second kappa shape index (κ2) is 5.01. The van der Waals surface area contributed by atoms with E-state index in [0.717, 1.165) is 0 Å². The molecular formula is C9H10N6O2. The van der Waals surface area contributed by atoms with Crippen LogP contribution in [0.2, 0.25) is 0 Å². The van der Waals surface area contributed by atoms with Gasteiger partial charge in [-0.15, -0.1) is 10.2 Å². The van der Waals surface area contributed by atoms with Gasteiger partial charge >= 0.3 is 0 Å². The molecule has 0 saturated heterocycles. The van der Waals surface area contributed by atoms with Crippen LogP contribution in [0.5, 0.6) is 0 Å². The lowest BCUT2D eigenvalue weighted by atomic mass is 10.3. The van der Waals surface area contributed by atoms with Crippen molar-refractivity contribution >= 4 is 11.7 Å². The Labute approximate surface area is 96.4 Å². The lowest BCUT2D eigenvalue weighted by Gasteiger charge is -2.02. The Balaban J connectivity index is 1.95. The van der Waals surface area contributed by atoms with Crippen LogP contribution in [0.4, 0.5) is 5.82 Å². The Hall–Kier alpha value is -2.51. The molecule has 8 nitrogen and oxygen atoms in total. The van der Waals surface area contributed by atoms with E-state index in [9.17, 15) is 4.79 Å². The van der Waals surface area contributed by atoms with Crippen molar-refractivity contribution in [3.8, 4) is 0 Å². The molecule has 17 heavy (non-hydrogen) atoms. The third kappa shape index (κ3) is 2.74. The fourth-order valence-electron chi connectivity index (χ4n) is 1.11. The first kappa shape index (κ1) is 11.0. The fraction of sp³-hybridized carbons (Fsp3) is 0.222. The van der Waals surface area contributed by atoms with Crippen molar-refractivity contribution in [1.82, 2.24) is 25.7 Å². The van der Waals surface area contributed by atoms with Crippen LogP contribution in [0.25, 0.3) is 0 Å². The van der Waals surface area contributed by atoms with Gasteiger partial charge < -0.3 is 15.2 Å². The average molecular weight is 234 g/mol. The standard InChI is InChI=1S/C9H10N6O2/c1-10-7-3-2-6(13-14-7)9(16)11-4-8-12-5-17-15-8/h2-3,5H,4H2,1H3,(H,10,14)(H,11,16). The van der Waals surface area contributed by atoms with Crippen LogP contribution in [-0.2, 0) is 6.54 Å². The zero-order valence-corrected chi connectivity index (χ0v) is 9.04. The SMILES string of the molecule is CNc1ccc(C(=O)NCc2ncon2)nn1. The van der Waals surface area contributed by atoms with E-state index in [1.54, 1.807) is 19.2 Å². The topological polar surface area (TPSA) is 106 Å². The molecule has 1 amide bonds. The lowest BCUT2D eigenvalue weighted by molar-refractivity contribution is 0.0943. The second-order valence-electron chi connectivity index (χ2n) is 3.08. The van der Waals surface area contributed by atoms with Crippen molar-refractivity contribution in [1.29, 1.82) is 0 Å². The molecule has 2 aromatic heterocycles. The molecule has 88 valence electrons. The summed E-state index contributed by atoms with van der Waals surface area (Å²) in [6, 6.07) is 3.24. The summed E-state index contributed by atoms with van der Waals surface area (Å²) in [5.74, 6) is 0.655. The number of aromatic nitrogens is 4. The van der Waals surface area contributed by atoms with E-state index in [2.05, 4.69) is 35.5 Å². The predicted molar refractivity (Wildman–Crippen MR) is 57.0 cm³/mol. The maximum Gasteiger partial charge on any atom is 0.272 e. The van der Waals surface area contributed by atoms with Gasteiger partial charge in [0.05, 0.1) is 6.54 Å². The molecule has 0 atom stereocenters. The number of anilines is 1. The largest absolute Gasteiger partial charge is 0.372 e. The summed E-state index contributed by atoms with van der Waals surface area (Å²) in [7, 11) is 1.72. The molecule has 0 unspecified atom stereocenters. The summed E-state index contributed by atoms with van der Waals surface area (Å²) < 4.78 is 4.53. The first-order valence-electron chi connectivity index (χ1n) is 4.84. The number of amides is 1. The van der Waals surface area contributed by atoms with Gasteiger partial charge in [-0.1, -0.05) is 5.16 Å². The van der Waals surface area contributed by atoms with Crippen LogP contribution in [-0.4, -0.2) is 33.3 Å². The summed E-state index contributed by atoms with van der Waals surface area (Å²) in [5, 5.41) is 16.5. The van der Waals surface area contributed by atoms with E-state index in [1.165, 1.54) is 6.39 Å². The predicted octanol–water partition coefficient (Wildman–Crippen LogP) is -0.169. The van der Waals surface area contributed by atoms with Gasteiger partial charge in [0.1, 0.15) is 5.82 Å². The number of nitrogens with one attached hydrogen (secondary N) is 2. The van der Waals surface area contributed by atoms with Gasteiger partial charge in [-0.25, -0.2) is 0 Å². The van der Waals surface area contributed by atoms with Crippen LogP contribution in [0.3, 0.4) is 0 Å². The Kier molecular flexibility index (Phi) is 3.24. The van der Waals surface area contributed by atoms with Gasteiger partial charge in [-0.05, 0) is 12.1 Å². The highest BCUT2D eigenvalue weighted by molar-refractivity contribution is 5.92. The zero-order chi connectivity index (χ0) is 12.1. The number of rotatable bonds is 4. The minimum absolute atomic E-state index is 0.185. The third-order valence-electron chi connectivity index (χ3n) is 1.97. The number of carbonyl (C=O) groups excluding carboxylic acids is 1. The van der Waals surface area contributed by atoms with Crippen LogP contribution in [0.15, 0.2) is 23.0 Å². The Morgan fingerprint density at radius 2 is 2.29 bits per heavy atom. The quantitative estimate of drug-likeness (QED) is 0.756. The monoisotopic (exact) mass is 234 g/mol. The van der Waals surface area contributed by atoms with Gasteiger partial charge in [0.15, 0.2) is 11.5 Å². The van der Waals surface area contributed by atoms with Gasteiger partial charge in [0, 0.05) is 7.05 Å². The van der Waals surface area contributed by atoms with Crippen LogP contribution < -0.4 is 10.6 Å². The van der Waals surface area contributed by atoms with Crippen molar-refractivity contribution in [3.05, 3.63) is 30.0 Å². The molecule has 0 spiro atoms. The highest BCUT2D eigenvalue weighted by atomic mass is 16.5. The van der Waals surface area contributed by atoms with E-state index in [0.29, 0.717) is 11.6 Å². The smallest absolute Gasteiger partial charge is 0.272 e.